The second kappa shape index (κ2) is 4.76. The molecule has 10 heteroatoms. The summed E-state index contributed by atoms with van der Waals surface area (Å²) in [5.41, 5.74) is -1.22. The van der Waals surface area contributed by atoms with Crippen molar-refractivity contribution in [3.63, 3.8) is 0 Å². The Labute approximate surface area is 110 Å². The van der Waals surface area contributed by atoms with E-state index >= 15 is 0 Å². The van der Waals surface area contributed by atoms with Gasteiger partial charge in [0.25, 0.3) is 5.69 Å². The van der Waals surface area contributed by atoms with Crippen LogP contribution in [0.15, 0.2) is 30.6 Å². The summed E-state index contributed by atoms with van der Waals surface area (Å²) in [6.45, 7) is 0. The van der Waals surface area contributed by atoms with Gasteiger partial charge in [0, 0.05) is 6.07 Å². The number of aromatic nitrogens is 2. The average molecular weight is 278 g/mol. The molecule has 0 saturated heterocycles. The molecular weight excluding hydrogens is 272 g/mol. The van der Waals surface area contributed by atoms with Crippen LogP contribution in [-0.4, -0.2) is 30.7 Å². The third kappa shape index (κ3) is 2.29. The summed E-state index contributed by atoms with van der Waals surface area (Å²) in [5, 5.41) is 33.9. The summed E-state index contributed by atoms with van der Waals surface area (Å²) in [5.74, 6) is -1.44. The summed E-state index contributed by atoms with van der Waals surface area (Å²) in [6.07, 6.45) is 2.05. The van der Waals surface area contributed by atoms with Gasteiger partial charge in [0.15, 0.2) is 0 Å². The zero-order chi connectivity index (χ0) is 14.9. The van der Waals surface area contributed by atoms with E-state index in [-0.39, 0.29) is 11.4 Å². The molecule has 0 bridgehead atoms. The molecule has 0 aliphatic rings. The Morgan fingerprint density at radius 1 is 1.25 bits per heavy atom. The zero-order valence-electron chi connectivity index (χ0n) is 9.66. The van der Waals surface area contributed by atoms with E-state index in [0.29, 0.717) is 0 Å². The molecule has 1 aromatic carbocycles. The summed E-state index contributed by atoms with van der Waals surface area (Å²) in [6, 6.07) is 3.30. The standard InChI is InChI=1S/C10H6N4O6/c15-10(16)8-2-1-6(3-9(8)14(19)20)12-5-7(4-11-12)13(17)18/h1-5H,(H,15,16). The second-order valence-electron chi connectivity index (χ2n) is 3.66. The fourth-order valence-electron chi connectivity index (χ4n) is 1.54. The van der Waals surface area contributed by atoms with E-state index in [0.717, 1.165) is 29.2 Å². The molecule has 1 heterocycles. The zero-order valence-corrected chi connectivity index (χ0v) is 9.66. The largest absolute Gasteiger partial charge is 0.477 e. The average Bonchev–Trinajstić information content (AvgIpc) is 2.87. The Morgan fingerprint density at radius 2 is 1.95 bits per heavy atom. The minimum atomic E-state index is -1.44. The maximum absolute atomic E-state index is 10.9. The fraction of sp³-hybridized carbons (Fsp3) is 0. The van der Waals surface area contributed by atoms with Crippen LogP contribution >= 0.6 is 0 Å². The van der Waals surface area contributed by atoms with Crippen molar-refractivity contribution in [2.45, 2.75) is 0 Å². The SMILES string of the molecule is O=C(O)c1ccc(-n2cc([N+](=O)[O-])cn2)cc1[N+](=O)[O-]. The molecule has 1 aromatic heterocycles. The van der Waals surface area contributed by atoms with Crippen LogP contribution in [0, 0.1) is 20.2 Å². The van der Waals surface area contributed by atoms with Gasteiger partial charge in [0.2, 0.25) is 0 Å². The highest BCUT2D eigenvalue weighted by molar-refractivity contribution is 5.92. The van der Waals surface area contributed by atoms with Gasteiger partial charge >= 0.3 is 11.7 Å². The summed E-state index contributed by atoms with van der Waals surface area (Å²) < 4.78 is 1.05. The number of benzene rings is 1. The van der Waals surface area contributed by atoms with E-state index in [9.17, 15) is 25.0 Å². The minimum absolute atomic E-state index is 0.148. The number of hydrogen-bond acceptors (Lipinski definition) is 6. The third-order valence-electron chi connectivity index (χ3n) is 2.45. The van der Waals surface area contributed by atoms with Crippen LogP contribution in [0.1, 0.15) is 10.4 Å². The van der Waals surface area contributed by atoms with Crippen LogP contribution in [0.2, 0.25) is 0 Å². The van der Waals surface area contributed by atoms with Crippen LogP contribution in [0.3, 0.4) is 0 Å². The number of rotatable bonds is 4. The fourth-order valence-corrected chi connectivity index (χ4v) is 1.54. The predicted molar refractivity (Wildman–Crippen MR) is 63.8 cm³/mol. The molecule has 0 radical (unpaired) electrons. The lowest BCUT2D eigenvalue weighted by molar-refractivity contribution is -0.385. The molecule has 0 spiro atoms. The van der Waals surface area contributed by atoms with Gasteiger partial charge < -0.3 is 5.11 Å². The highest BCUT2D eigenvalue weighted by Crippen LogP contribution is 2.23. The third-order valence-corrected chi connectivity index (χ3v) is 2.45. The van der Waals surface area contributed by atoms with Crippen molar-refractivity contribution in [3.05, 3.63) is 56.4 Å². The van der Waals surface area contributed by atoms with Gasteiger partial charge in [-0.05, 0) is 12.1 Å². The van der Waals surface area contributed by atoms with E-state index in [1.54, 1.807) is 0 Å². The Balaban J connectivity index is 2.52. The van der Waals surface area contributed by atoms with Gasteiger partial charge in [-0.25, -0.2) is 9.48 Å². The first kappa shape index (κ1) is 13.1. The molecule has 2 aromatic rings. The Hall–Kier alpha value is -3.30. The van der Waals surface area contributed by atoms with E-state index in [4.69, 9.17) is 5.11 Å². The van der Waals surface area contributed by atoms with Crippen molar-refractivity contribution in [2.75, 3.05) is 0 Å². The van der Waals surface area contributed by atoms with Gasteiger partial charge in [-0.1, -0.05) is 0 Å². The number of nitro groups is 2. The molecule has 0 unspecified atom stereocenters. The van der Waals surface area contributed by atoms with Crippen molar-refractivity contribution in [1.82, 2.24) is 9.78 Å². The number of nitro benzene ring substituents is 1. The molecule has 2 rings (SSSR count). The lowest BCUT2D eigenvalue weighted by Gasteiger charge is -2.02. The smallest absolute Gasteiger partial charge is 0.342 e. The maximum Gasteiger partial charge on any atom is 0.342 e. The van der Waals surface area contributed by atoms with Gasteiger partial charge in [-0.3, -0.25) is 20.2 Å². The van der Waals surface area contributed by atoms with Crippen molar-refractivity contribution in [2.24, 2.45) is 0 Å². The summed E-state index contributed by atoms with van der Waals surface area (Å²) >= 11 is 0. The molecule has 0 fully saturated rings. The van der Waals surface area contributed by atoms with Gasteiger partial charge in [0.1, 0.15) is 18.0 Å². The quantitative estimate of drug-likeness (QED) is 0.657. The van der Waals surface area contributed by atoms with Crippen molar-refractivity contribution in [3.8, 4) is 5.69 Å². The maximum atomic E-state index is 10.9. The lowest BCUT2D eigenvalue weighted by Crippen LogP contribution is -2.04. The van der Waals surface area contributed by atoms with Crippen LogP contribution in [0.5, 0.6) is 0 Å². The monoisotopic (exact) mass is 278 g/mol. The molecule has 0 amide bonds. The first-order chi connectivity index (χ1) is 9.40. The van der Waals surface area contributed by atoms with Gasteiger partial charge in [-0.15, -0.1) is 0 Å². The molecular formula is C10H6N4O6. The number of carbonyl (C=O) groups is 1. The number of carboxylic acid groups (broad SMARTS) is 1. The van der Waals surface area contributed by atoms with Gasteiger partial charge in [-0.2, -0.15) is 5.10 Å². The molecule has 0 aliphatic carbocycles. The number of aromatic carboxylic acids is 1. The first-order valence-corrected chi connectivity index (χ1v) is 5.11. The van der Waals surface area contributed by atoms with E-state index in [2.05, 4.69) is 5.10 Å². The minimum Gasteiger partial charge on any atom is -0.477 e. The number of carboxylic acids is 1. The Kier molecular flexibility index (Phi) is 3.13. The molecule has 10 nitrogen and oxygen atoms in total. The van der Waals surface area contributed by atoms with E-state index < -0.39 is 27.1 Å². The first-order valence-electron chi connectivity index (χ1n) is 5.11. The molecule has 0 atom stereocenters. The molecule has 0 aliphatic heterocycles. The normalized spacial score (nSPS) is 10.2. The Morgan fingerprint density at radius 3 is 2.45 bits per heavy atom. The molecule has 1 N–H and O–H groups in total. The Bertz CT molecular complexity index is 722. The molecule has 20 heavy (non-hydrogen) atoms. The van der Waals surface area contributed by atoms with Gasteiger partial charge in [0.05, 0.1) is 15.5 Å². The predicted octanol–water partition coefficient (Wildman–Crippen LogP) is 1.39. The van der Waals surface area contributed by atoms with Crippen LogP contribution < -0.4 is 0 Å². The van der Waals surface area contributed by atoms with E-state index in [1.165, 1.54) is 6.07 Å². The van der Waals surface area contributed by atoms with E-state index in [1.807, 2.05) is 0 Å². The highest BCUT2D eigenvalue weighted by atomic mass is 16.6. The second-order valence-corrected chi connectivity index (χ2v) is 3.66. The molecule has 102 valence electrons. The number of nitrogens with zero attached hydrogens (tertiary/aromatic N) is 4. The lowest BCUT2D eigenvalue weighted by atomic mass is 10.1. The van der Waals surface area contributed by atoms with Crippen LogP contribution in [0.4, 0.5) is 11.4 Å². The molecule has 0 saturated carbocycles. The topological polar surface area (TPSA) is 141 Å². The van der Waals surface area contributed by atoms with Crippen molar-refractivity contribution >= 4 is 17.3 Å². The van der Waals surface area contributed by atoms with Crippen molar-refractivity contribution in [1.29, 1.82) is 0 Å². The summed E-state index contributed by atoms with van der Waals surface area (Å²) in [4.78, 5) is 30.7. The summed E-state index contributed by atoms with van der Waals surface area (Å²) in [7, 11) is 0. The number of hydrogen-bond donors (Lipinski definition) is 1. The van der Waals surface area contributed by atoms with Crippen molar-refractivity contribution < 1.29 is 19.7 Å². The highest BCUT2D eigenvalue weighted by Gasteiger charge is 2.21. The van der Waals surface area contributed by atoms with Crippen LogP contribution in [-0.2, 0) is 0 Å². The van der Waals surface area contributed by atoms with Crippen LogP contribution in [0.25, 0.3) is 5.69 Å².